The second-order valence-electron chi connectivity index (χ2n) is 7.67. The number of nitrogens with zero attached hydrogens (tertiary/aromatic N) is 3. The molecule has 0 aromatic heterocycles. The Kier molecular flexibility index (Phi) is 10.2. The van der Waals surface area contributed by atoms with Gasteiger partial charge in [-0.25, -0.2) is 0 Å². The van der Waals surface area contributed by atoms with E-state index in [1.807, 2.05) is 18.9 Å². The molecule has 7 heteroatoms. The molecule has 1 atom stereocenters. The quantitative estimate of drug-likeness (QED) is 0.263. The van der Waals surface area contributed by atoms with E-state index in [0.29, 0.717) is 12.3 Å². The summed E-state index contributed by atoms with van der Waals surface area (Å²) >= 11 is 0. The van der Waals surface area contributed by atoms with Crippen molar-refractivity contribution in [3.63, 3.8) is 0 Å². The minimum atomic E-state index is 0. The fraction of sp³-hybridized carbons (Fsp3) is 0.636. The van der Waals surface area contributed by atoms with Crippen molar-refractivity contribution < 1.29 is 9.53 Å². The van der Waals surface area contributed by atoms with Gasteiger partial charge in [-0.3, -0.25) is 9.79 Å². The van der Waals surface area contributed by atoms with Crippen LogP contribution in [0.2, 0.25) is 0 Å². The molecule has 2 aliphatic heterocycles. The van der Waals surface area contributed by atoms with E-state index in [1.54, 1.807) is 0 Å². The molecule has 1 fully saturated rings. The average molecular weight is 514 g/mol. The molecule has 1 amide bonds. The Labute approximate surface area is 192 Å². The third-order valence-corrected chi connectivity index (χ3v) is 5.69. The maximum absolute atomic E-state index is 12.6. The highest BCUT2D eigenvalue weighted by molar-refractivity contribution is 14.0. The number of aliphatic imine (C=N–C) groups is 1. The summed E-state index contributed by atoms with van der Waals surface area (Å²) < 4.78 is 5.55. The number of hydrogen-bond donors (Lipinski definition) is 1. The number of halogens is 1. The van der Waals surface area contributed by atoms with Crippen molar-refractivity contribution in [2.75, 3.05) is 46.4 Å². The Balaban J connectivity index is 0.00000300. The highest BCUT2D eigenvalue weighted by atomic mass is 127. The summed E-state index contributed by atoms with van der Waals surface area (Å²) in [5.74, 6) is 1.78. The van der Waals surface area contributed by atoms with Gasteiger partial charge in [-0.1, -0.05) is 24.3 Å². The zero-order chi connectivity index (χ0) is 19.8. The highest BCUT2D eigenvalue weighted by Gasteiger charge is 2.25. The number of hydrogen-bond acceptors (Lipinski definition) is 3. The van der Waals surface area contributed by atoms with E-state index in [9.17, 15) is 4.79 Å². The molecule has 0 radical (unpaired) electrons. The first-order valence-corrected chi connectivity index (χ1v) is 10.6. The van der Waals surface area contributed by atoms with E-state index in [0.717, 1.165) is 71.2 Å². The standard InChI is InChI=1S/C22H34N4O2.HI/c1-3-28-17-18-10-13-26(15-18)22(23-2)24-12-6-9-21(27)25-14-11-19-7-4-5-8-20(19)16-25;/h4-5,7-8,18H,3,6,9-17H2,1-2H3,(H,23,24);1H. The fourth-order valence-corrected chi connectivity index (χ4v) is 4.08. The van der Waals surface area contributed by atoms with Gasteiger partial charge < -0.3 is 19.9 Å². The van der Waals surface area contributed by atoms with Gasteiger partial charge in [-0.15, -0.1) is 24.0 Å². The van der Waals surface area contributed by atoms with Crippen LogP contribution in [0.3, 0.4) is 0 Å². The molecular weight excluding hydrogens is 479 g/mol. The number of amides is 1. The molecule has 6 nitrogen and oxygen atoms in total. The smallest absolute Gasteiger partial charge is 0.222 e. The Morgan fingerprint density at radius 1 is 1.24 bits per heavy atom. The SMILES string of the molecule is CCOCC1CCN(C(=NC)NCCCC(=O)N2CCc3ccccc3C2)C1.I. The van der Waals surface area contributed by atoms with Crippen molar-refractivity contribution in [2.45, 2.75) is 39.2 Å². The fourth-order valence-electron chi connectivity index (χ4n) is 4.08. The molecule has 2 aliphatic rings. The topological polar surface area (TPSA) is 57.2 Å². The predicted molar refractivity (Wildman–Crippen MR) is 128 cm³/mol. The van der Waals surface area contributed by atoms with Crippen LogP contribution in [0.15, 0.2) is 29.3 Å². The van der Waals surface area contributed by atoms with E-state index in [4.69, 9.17) is 4.74 Å². The molecule has 1 aromatic carbocycles. The van der Waals surface area contributed by atoms with Crippen LogP contribution in [-0.4, -0.2) is 68.1 Å². The van der Waals surface area contributed by atoms with Gasteiger partial charge in [0, 0.05) is 58.7 Å². The number of rotatable bonds is 7. The number of guanidine groups is 1. The molecule has 3 rings (SSSR count). The van der Waals surface area contributed by atoms with Crippen LogP contribution in [-0.2, 0) is 22.5 Å². The second-order valence-corrected chi connectivity index (χ2v) is 7.67. The van der Waals surface area contributed by atoms with Gasteiger partial charge in [0.2, 0.25) is 5.91 Å². The number of fused-ring (bicyclic) bond motifs is 1. The molecule has 162 valence electrons. The van der Waals surface area contributed by atoms with Crippen molar-refractivity contribution in [1.29, 1.82) is 0 Å². The van der Waals surface area contributed by atoms with Gasteiger partial charge in [-0.2, -0.15) is 0 Å². The summed E-state index contributed by atoms with van der Waals surface area (Å²) in [6, 6.07) is 8.44. The molecule has 29 heavy (non-hydrogen) atoms. The summed E-state index contributed by atoms with van der Waals surface area (Å²) in [5.41, 5.74) is 2.67. The van der Waals surface area contributed by atoms with Crippen LogP contribution in [0.5, 0.6) is 0 Å². The second kappa shape index (κ2) is 12.4. The molecule has 1 unspecified atom stereocenters. The Bertz CT molecular complexity index is 683. The van der Waals surface area contributed by atoms with Crippen molar-refractivity contribution >= 4 is 35.8 Å². The Hall–Kier alpha value is -1.35. The van der Waals surface area contributed by atoms with E-state index in [1.165, 1.54) is 11.1 Å². The number of likely N-dealkylation sites (tertiary alicyclic amines) is 1. The largest absolute Gasteiger partial charge is 0.381 e. The minimum absolute atomic E-state index is 0. The third kappa shape index (κ3) is 6.84. The number of carbonyl (C=O) groups is 1. The molecule has 1 saturated heterocycles. The van der Waals surface area contributed by atoms with Crippen LogP contribution in [0.1, 0.15) is 37.3 Å². The number of benzene rings is 1. The summed E-state index contributed by atoms with van der Waals surface area (Å²) in [7, 11) is 1.83. The Morgan fingerprint density at radius 2 is 2.03 bits per heavy atom. The lowest BCUT2D eigenvalue weighted by Gasteiger charge is -2.29. The van der Waals surface area contributed by atoms with Gasteiger partial charge in [0.05, 0.1) is 6.61 Å². The molecule has 0 aliphatic carbocycles. The van der Waals surface area contributed by atoms with Crippen molar-refractivity contribution in [3.05, 3.63) is 35.4 Å². The summed E-state index contributed by atoms with van der Waals surface area (Å²) in [4.78, 5) is 21.3. The van der Waals surface area contributed by atoms with Gasteiger partial charge in [0.25, 0.3) is 0 Å². The minimum Gasteiger partial charge on any atom is -0.381 e. The molecule has 1 N–H and O–H groups in total. The van der Waals surface area contributed by atoms with Crippen LogP contribution in [0, 0.1) is 5.92 Å². The molecule has 2 heterocycles. The highest BCUT2D eigenvalue weighted by Crippen LogP contribution is 2.19. The van der Waals surface area contributed by atoms with Gasteiger partial charge >= 0.3 is 0 Å². The van der Waals surface area contributed by atoms with Crippen LogP contribution in [0.4, 0.5) is 0 Å². The van der Waals surface area contributed by atoms with Gasteiger partial charge in [0.15, 0.2) is 5.96 Å². The van der Waals surface area contributed by atoms with Gasteiger partial charge in [0.1, 0.15) is 0 Å². The zero-order valence-corrected chi connectivity index (χ0v) is 20.1. The van der Waals surface area contributed by atoms with E-state index < -0.39 is 0 Å². The maximum Gasteiger partial charge on any atom is 0.222 e. The lowest BCUT2D eigenvalue weighted by molar-refractivity contribution is -0.132. The first-order chi connectivity index (χ1) is 13.7. The maximum atomic E-state index is 12.6. The zero-order valence-electron chi connectivity index (χ0n) is 17.7. The lowest BCUT2D eigenvalue weighted by Crippen LogP contribution is -2.41. The van der Waals surface area contributed by atoms with Crippen molar-refractivity contribution in [1.82, 2.24) is 15.1 Å². The lowest BCUT2D eigenvalue weighted by atomic mass is 9.99. The van der Waals surface area contributed by atoms with E-state index in [-0.39, 0.29) is 29.9 Å². The number of carbonyl (C=O) groups excluding carboxylic acids is 1. The monoisotopic (exact) mass is 514 g/mol. The molecule has 1 aromatic rings. The van der Waals surface area contributed by atoms with Crippen LogP contribution in [0.25, 0.3) is 0 Å². The molecule has 0 saturated carbocycles. The third-order valence-electron chi connectivity index (χ3n) is 5.69. The summed E-state index contributed by atoms with van der Waals surface area (Å²) in [6.45, 7) is 8.01. The summed E-state index contributed by atoms with van der Waals surface area (Å²) in [5, 5.41) is 3.43. The van der Waals surface area contributed by atoms with Crippen molar-refractivity contribution in [2.24, 2.45) is 10.9 Å². The molecular formula is C22H35IN4O2. The van der Waals surface area contributed by atoms with Crippen LogP contribution < -0.4 is 5.32 Å². The van der Waals surface area contributed by atoms with Crippen molar-refractivity contribution in [3.8, 4) is 0 Å². The van der Waals surface area contributed by atoms with Crippen LogP contribution >= 0.6 is 24.0 Å². The normalized spacial score (nSPS) is 19.0. The first kappa shape index (κ1) is 23.9. The van der Waals surface area contributed by atoms with E-state index >= 15 is 0 Å². The number of nitrogens with one attached hydrogen (secondary N) is 1. The average Bonchev–Trinajstić information content (AvgIpc) is 3.20. The summed E-state index contributed by atoms with van der Waals surface area (Å²) in [6.07, 6.45) is 3.52. The molecule has 0 spiro atoms. The predicted octanol–water partition coefficient (Wildman–Crippen LogP) is 2.90. The van der Waals surface area contributed by atoms with Gasteiger partial charge in [-0.05, 0) is 37.3 Å². The Morgan fingerprint density at radius 3 is 2.79 bits per heavy atom. The first-order valence-electron chi connectivity index (χ1n) is 10.6. The van der Waals surface area contributed by atoms with E-state index in [2.05, 4.69) is 39.5 Å². The number of ether oxygens (including phenoxy) is 1. The molecule has 0 bridgehead atoms.